The van der Waals surface area contributed by atoms with Crippen LogP contribution in [0.25, 0.3) is 5.57 Å². The maximum Gasteiger partial charge on any atom is 0.360 e. The van der Waals surface area contributed by atoms with Crippen LogP contribution in [0.15, 0.2) is 270 Å². The van der Waals surface area contributed by atoms with Crippen LogP contribution in [0.3, 0.4) is 0 Å². The molecule has 0 unspecified atom stereocenters. The summed E-state index contributed by atoms with van der Waals surface area (Å²) in [7, 11) is 14.0. The number of ether oxygens (including phenoxy) is 10. The number of nitriles is 1. The molecule has 11 rings (SSSR count). The molecule has 0 aliphatic rings. The van der Waals surface area contributed by atoms with Gasteiger partial charge in [-0.2, -0.15) is 5.26 Å². The van der Waals surface area contributed by atoms with Gasteiger partial charge in [0.1, 0.15) is 107 Å². The SMILES string of the molecule is CNC(=O)/C(=N\OC)c1ccccc1COc1cc(C)ccc1C.CNC(=O)/C(=N\OC)c1ccccc1COc1ccccc1C.CO/C=C(\C(=O)OC)c1ccccc1Oc1cc(Oc2ccccc2C#N)ncn1.CO/N=C(\C(=O)OC)c1ccccc1COc1cc(C)ccc1C.CO/N=C(\C(=O)OC)c1ccccc1COc1ccccc1C. The van der Waals surface area contributed by atoms with Gasteiger partial charge in [-0.05, 0) is 140 Å². The van der Waals surface area contributed by atoms with Crippen LogP contribution < -0.4 is 39.1 Å². The molecule has 28 nitrogen and oxygen atoms in total. The van der Waals surface area contributed by atoms with Gasteiger partial charge < -0.3 is 77.4 Å². The molecule has 642 valence electrons. The van der Waals surface area contributed by atoms with E-state index in [4.69, 9.17) is 66.7 Å². The molecule has 2 N–H and O–H groups in total. The Bertz CT molecular complexity index is 5370. The third kappa shape index (κ3) is 28.5. The van der Waals surface area contributed by atoms with Crippen LogP contribution in [0.4, 0.5) is 0 Å². The highest BCUT2D eigenvalue weighted by atomic mass is 16.6. The number of methoxy groups -OCH3 is 4. The Hall–Kier alpha value is -15.7. The topological polar surface area (TPSA) is 338 Å². The number of carbonyl (C=O) groups excluding carboxylic acids is 5. The minimum absolute atomic E-state index is 0.110. The number of oxime groups is 4. The van der Waals surface area contributed by atoms with E-state index >= 15 is 0 Å². The molecule has 2 amide bonds. The van der Waals surface area contributed by atoms with Crippen molar-refractivity contribution in [3.05, 3.63) is 338 Å². The first-order valence-electron chi connectivity index (χ1n) is 38.4. The standard InChI is InChI=1S/C22H17N3O5.C19H22N2O3.C19H21NO4.C18H20N2O3.C18H19NO4/c1-27-13-17(22(26)28-2)16-8-4-6-10-19(16)30-21-11-20(24-14-25-21)29-18-9-5-3-7-15(18)12-23;1-13-9-10-14(2)17(11-13)24-12-15-7-5-6-8-16(15)18(21-23-4)19(22)20-3;1-13-9-10-14(2)17(11-13)24-12-15-7-5-6-8-16(15)18(20-23-4)19(21)22-3;1-13-8-4-7-11-16(13)23-12-14-9-5-6-10-15(14)17(20-22-3)18(21)19-2;1-13-8-4-7-11-16(13)23-12-14-9-5-6-10-15(14)17(19-22-3)18(20)21-2/h3-11,13-14H,1-2H3;5-11H,12H2,1-4H3,(H,20,22);5-11H,12H2,1-4H3;4-11H,12H2,1-3H3,(H,19,21);4-11H,12H2,1-3H3/b17-13-;21-18-;20-18-;20-17-;19-17-. The van der Waals surface area contributed by atoms with E-state index in [1.807, 2.05) is 211 Å². The van der Waals surface area contributed by atoms with Gasteiger partial charge in [0.25, 0.3) is 11.8 Å². The van der Waals surface area contributed by atoms with Crippen molar-refractivity contribution in [1.82, 2.24) is 20.6 Å². The average Bonchev–Trinajstić information content (AvgIpc) is 0.837. The summed E-state index contributed by atoms with van der Waals surface area (Å²) >= 11 is 0. The van der Waals surface area contributed by atoms with Crippen molar-refractivity contribution in [2.45, 2.75) is 68.0 Å². The van der Waals surface area contributed by atoms with E-state index in [2.05, 4.69) is 47.3 Å². The molecule has 28 heteroatoms. The number of esters is 3. The number of nitrogens with zero attached hydrogens (tertiary/aromatic N) is 7. The van der Waals surface area contributed by atoms with Gasteiger partial charge in [-0.25, -0.2) is 24.4 Å². The molecular formula is C96H99N9O19. The number of nitrogens with one attached hydrogen (secondary N) is 2. The smallest absolute Gasteiger partial charge is 0.360 e. The van der Waals surface area contributed by atoms with Crippen LogP contribution in [0.5, 0.6) is 46.3 Å². The number of aryl methyl sites for hydroxylation is 6. The molecule has 0 atom stereocenters. The highest BCUT2D eigenvalue weighted by Gasteiger charge is 2.25. The molecule has 10 aromatic carbocycles. The van der Waals surface area contributed by atoms with Crippen molar-refractivity contribution in [3.63, 3.8) is 0 Å². The van der Waals surface area contributed by atoms with E-state index in [0.29, 0.717) is 71.3 Å². The lowest BCUT2D eigenvalue weighted by Crippen LogP contribution is -2.29. The zero-order chi connectivity index (χ0) is 89.7. The summed E-state index contributed by atoms with van der Waals surface area (Å²) in [5.74, 6) is 2.03. The molecule has 11 aromatic rings. The van der Waals surface area contributed by atoms with Crippen LogP contribution in [0.1, 0.15) is 89.0 Å². The number of para-hydroxylation sites is 4. The van der Waals surface area contributed by atoms with Crippen LogP contribution in [0, 0.1) is 52.9 Å². The van der Waals surface area contributed by atoms with E-state index in [-0.39, 0.29) is 52.0 Å². The van der Waals surface area contributed by atoms with Crippen molar-refractivity contribution < 1.29 is 90.7 Å². The Morgan fingerprint density at radius 1 is 0.355 bits per heavy atom. The predicted octanol–water partition coefficient (Wildman–Crippen LogP) is 16.2. The summed E-state index contributed by atoms with van der Waals surface area (Å²) in [6.07, 6.45) is 2.55. The molecule has 0 fully saturated rings. The number of rotatable bonds is 31. The van der Waals surface area contributed by atoms with Gasteiger partial charge in [0.05, 0.1) is 46.3 Å². The highest BCUT2D eigenvalue weighted by Crippen LogP contribution is 2.33. The number of hydrogen-bond acceptors (Lipinski definition) is 26. The van der Waals surface area contributed by atoms with Crippen molar-refractivity contribution >= 4 is 58.1 Å². The van der Waals surface area contributed by atoms with Crippen LogP contribution >= 0.6 is 0 Å². The zero-order valence-corrected chi connectivity index (χ0v) is 71.9. The summed E-state index contributed by atoms with van der Waals surface area (Å²) in [6, 6.07) is 74.6. The first-order valence-corrected chi connectivity index (χ1v) is 38.4. The van der Waals surface area contributed by atoms with E-state index in [0.717, 1.165) is 78.6 Å². The highest BCUT2D eigenvalue weighted by molar-refractivity contribution is 6.46. The summed E-state index contributed by atoms with van der Waals surface area (Å²) in [6.45, 7) is 13.3. The molecule has 0 radical (unpaired) electrons. The summed E-state index contributed by atoms with van der Waals surface area (Å²) in [4.78, 5) is 87.4. The Morgan fingerprint density at radius 3 is 1.03 bits per heavy atom. The summed E-state index contributed by atoms with van der Waals surface area (Å²) in [5.41, 5.74) is 14.1. The number of aromatic nitrogens is 2. The normalized spacial score (nSPS) is 10.9. The quantitative estimate of drug-likeness (QED) is 0.0102. The lowest BCUT2D eigenvalue weighted by Gasteiger charge is -2.13. The third-order valence-electron chi connectivity index (χ3n) is 17.7. The number of benzene rings is 10. The largest absolute Gasteiger partial charge is 0.503 e. The first kappa shape index (κ1) is 95.5. The van der Waals surface area contributed by atoms with E-state index in [9.17, 15) is 29.2 Å². The van der Waals surface area contributed by atoms with E-state index in [1.165, 1.54) is 75.5 Å². The van der Waals surface area contributed by atoms with Crippen LogP contribution in [0.2, 0.25) is 0 Å². The van der Waals surface area contributed by atoms with Gasteiger partial charge in [0.15, 0.2) is 22.8 Å². The van der Waals surface area contributed by atoms with Gasteiger partial charge in [-0.3, -0.25) is 9.59 Å². The van der Waals surface area contributed by atoms with Gasteiger partial charge >= 0.3 is 17.9 Å². The monoisotopic (exact) mass is 1680 g/mol. The Balaban J connectivity index is 0.000000214. The van der Waals surface area contributed by atoms with Crippen LogP contribution in [-0.2, 0) is 88.7 Å². The molecule has 0 bridgehead atoms. The average molecular weight is 1680 g/mol. The second-order valence-corrected chi connectivity index (χ2v) is 26.2. The molecule has 0 saturated carbocycles. The van der Waals surface area contributed by atoms with Crippen molar-refractivity contribution in [3.8, 4) is 52.3 Å². The molecule has 0 aliphatic carbocycles. The van der Waals surface area contributed by atoms with Crippen molar-refractivity contribution in [1.29, 1.82) is 5.26 Å². The number of carbonyl (C=O) groups is 5. The van der Waals surface area contributed by atoms with E-state index < -0.39 is 17.9 Å². The number of hydrogen-bond donors (Lipinski definition) is 2. The van der Waals surface area contributed by atoms with Crippen LogP contribution in [-0.4, -0.2) is 134 Å². The maximum absolute atomic E-state index is 12.1. The van der Waals surface area contributed by atoms with E-state index in [1.54, 1.807) is 74.8 Å². The maximum atomic E-state index is 12.1. The Labute approximate surface area is 721 Å². The Kier molecular flexibility index (Phi) is 39.2. The van der Waals surface area contributed by atoms with Gasteiger partial charge in [0, 0.05) is 41.9 Å². The van der Waals surface area contributed by atoms with Gasteiger partial charge in [0.2, 0.25) is 11.8 Å². The van der Waals surface area contributed by atoms with Gasteiger partial charge in [-0.1, -0.05) is 209 Å². The summed E-state index contributed by atoms with van der Waals surface area (Å²) < 4.78 is 54.6. The molecule has 0 saturated heterocycles. The second kappa shape index (κ2) is 51.0. The molecule has 0 spiro atoms. The van der Waals surface area contributed by atoms with Crippen molar-refractivity contribution in [2.75, 3.05) is 71.0 Å². The summed E-state index contributed by atoms with van der Waals surface area (Å²) in [5, 5.41) is 29.6. The fraction of sp³-hybridized carbons (Fsp3) is 0.208. The lowest BCUT2D eigenvalue weighted by molar-refractivity contribution is -0.134. The number of likely N-dealkylation sites (N-methyl/N-ethyl adjacent to an activating group) is 2. The van der Waals surface area contributed by atoms with Crippen molar-refractivity contribution in [2.24, 2.45) is 20.6 Å². The zero-order valence-electron chi connectivity index (χ0n) is 71.9. The molecule has 124 heavy (non-hydrogen) atoms. The molecule has 0 aliphatic heterocycles. The second-order valence-electron chi connectivity index (χ2n) is 26.2. The fourth-order valence-electron chi connectivity index (χ4n) is 11.4. The van der Waals surface area contributed by atoms with Gasteiger partial charge in [-0.15, -0.1) is 0 Å². The first-order chi connectivity index (χ1) is 60.1. The molecule has 1 aromatic heterocycles. The molecule has 1 heterocycles. The Morgan fingerprint density at radius 2 is 0.669 bits per heavy atom. The third-order valence-corrected chi connectivity index (χ3v) is 17.7. The lowest BCUT2D eigenvalue weighted by atomic mass is 10.0. The fourth-order valence-corrected chi connectivity index (χ4v) is 11.4. The molecular weight excluding hydrogens is 1580 g/mol. The minimum Gasteiger partial charge on any atom is -0.503 e. The minimum atomic E-state index is -0.576. The predicted molar refractivity (Wildman–Crippen MR) is 470 cm³/mol. The number of amides is 2.